The Kier molecular flexibility index (Phi) is 2.45. The molecule has 5 heteroatoms. The van der Waals surface area contributed by atoms with E-state index in [4.69, 9.17) is 17.3 Å². The van der Waals surface area contributed by atoms with E-state index in [0.717, 1.165) is 5.52 Å². The lowest BCUT2D eigenvalue weighted by molar-refractivity contribution is 0.631. The third-order valence-corrected chi connectivity index (χ3v) is 3.02. The van der Waals surface area contributed by atoms with Gasteiger partial charge in [0.25, 0.3) is 0 Å². The molecule has 3 N–H and O–H groups in total. The van der Waals surface area contributed by atoms with E-state index >= 15 is 0 Å². The van der Waals surface area contributed by atoms with Crippen LogP contribution >= 0.6 is 11.6 Å². The van der Waals surface area contributed by atoms with Crippen molar-refractivity contribution in [3.63, 3.8) is 0 Å². The molecule has 2 aromatic carbocycles. The molecule has 90 valence electrons. The highest BCUT2D eigenvalue weighted by atomic mass is 35.5. The fourth-order valence-corrected chi connectivity index (χ4v) is 2.06. The van der Waals surface area contributed by atoms with E-state index in [1.54, 1.807) is 18.2 Å². The third kappa shape index (κ3) is 1.71. The first kappa shape index (κ1) is 11.0. The van der Waals surface area contributed by atoms with Crippen LogP contribution in [0.2, 0.25) is 5.02 Å². The number of imidazole rings is 1. The zero-order chi connectivity index (χ0) is 12.7. The SMILES string of the molecule is Nc1ccc(-c2nc3c(Cl)cccc3[nH]2)c(F)c1. The van der Waals surface area contributed by atoms with Gasteiger partial charge in [-0.2, -0.15) is 0 Å². The van der Waals surface area contributed by atoms with Gasteiger partial charge in [-0.1, -0.05) is 17.7 Å². The Bertz CT molecular complexity index is 736. The van der Waals surface area contributed by atoms with Gasteiger partial charge in [0.15, 0.2) is 0 Å². The summed E-state index contributed by atoms with van der Waals surface area (Å²) in [4.78, 5) is 7.34. The topological polar surface area (TPSA) is 54.7 Å². The van der Waals surface area contributed by atoms with Gasteiger partial charge in [0.2, 0.25) is 0 Å². The molecule has 0 atom stereocenters. The first-order valence-corrected chi connectivity index (χ1v) is 5.72. The highest BCUT2D eigenvalue weighted by molar-refractivity contribution is 6.34. The molecule has 0 bridgehead atoms. The second-order valence-electron chi connectivity index (χ2n) is 3.96. The van der Waals surface area contributed by atoms with Crippen molar-refractivity contribution >= 4 is 28.3 Å². The lowest BCUT2D eigenvalue weighted by Crippen LogP contribution is -1.90. The standard InChI is InChI=1S/C13H9ClFN3/c14-9-2-1-3-11-12(9)18-13(17-11)8-5-4-7(16)6-10(8)15/h1-6H,16H2,(H,17,18). The number of hydrogen-bond donors (Lipinski definition) is 2. The van der Waals surface area contributed by atoms with Crippen LogP contribution < -0.4 is 5.73 Å². The van der Waals surface area contributed by atoms with E-state index in [1.807, 2.05) is 12.1 Å². The highest BCUT2D eigenvalue weighted by Gasteiger charge is 2.11. The summed E-state index contributed by atoms with van der Waals surface area (Å²) in [7, 11) is 0. The van der Waals surface area contributed by atoms with Crippen molar-refractivity contribution in [1.29, 1.82) is 0 Å². The van der Waals surface area contributed by atoms with Gasteiger partial charge in [-0.05, 0) is 30.3 Å². The smallest absolute Gasteiger partial charge is 0.141 e. The van der Waals surface area contributed by atoms with Gasteiger partial charge >= 0.3 is 0 Å². The molecular weight excluding hydrogens is 253 g/mol. The van der Waals surface area contributed by atoms with Crippen molar-refractivity contribution in [2.45, 2.75) is 0 Å². The number of para-hydroxylation sites is 1. The molecule has 0 radical (unpaired) electrons. The van der Waals surface area contributed by atoms with Crippen LogP contribution in [0, 0.1) is 5.82 Å². The van der Waals surface area contributed by atoms with Crippen molar-refractivity contribution in [2.75, 3.05) is 5.73 Å². The van der Waals surface area contributed by atoms with E-state index in [9.17, 15) is 4.39 Å². The fraction of sp³-hybridized carbons (Fsp3) is 0. The molecule has 0 fully saturated rings. The van der Waals surface area contributed by atoms with Gasteiger partial charge in [0.05, 0.1) is 16.1 Å². The highest BCUT2D eigenvalue weighted by Crippen LogP contribution is 2.27. The number of nitrogens with zero attached hydrogens (tertiary/aromatic N) is 1. The molecule has 0 aliphatic rings. The first-order chi connectivity index (χ1) is 8.65. The minimum absolute atomic E-state index is 0.372. The zero-order valence-electron chi connectivity index (χ0n) is 9.24. The summed E-state index contributed by atoms with van der Waals surface area (Å²) < 4.78 is 13.8. The number of anilines is 1. The Balaban J connectivity index is 2.23. The van der Waals surface area contributed by atoms with Crippen molar-refractivity contribution in [2.24, 2.45) is 0 Å². The number of benzene rings is 2. The molecule has 0 aliphatic carbocycles. The van der Waals surface area contributed by atoms with E-state index in [1.165, 1.54) is 6.07 Å². The lowest BCUT2D eigenvalue weighted by atomic mass is 10.2. The summed E-state index contributed by atoms with van der Waals surface area (Å²) in [5.41, 5.74) is 7.67. The Morgan fingerprint density at radius 2 is 2.06 bits per heavy atom. The van der Waals surface area contributed by atoms with Crippen LogP contribution in [-0.2, 0) is 0 Å². The Morgan fingerprint density at radius 1 is 1.22 bits per heavy atom. The molecule has 0 amide bonds. The number of hydrogen-bond acceptors (Lipinski definition) is 2. The molecule has 3 rings (SSSR count). The molecule has 1 aromatic heterocycles. The normalized spacial score (nSPS) is 11.0. The summed E-state index contributed by atoms with van der Waals surface area (Å²) in [5.74, 6) is 0.0285. The number of aromatic nitrogens is 2. The van der Waals surface area contributed by atoms with Gasteiger partial charge in [0.1, 0.15) is 17.2 Å². The number of fused-ring (bicyclic) bond motifs is 1. The van der Waals surface area contributed by atoms with Gasteiger partial charge in [-0.3, -0.25) is 0 Å². The molecule has 1 heterocycles. The van der Waals surface area contributed by atoms with Gasteiger partial charge in [-0.25, -0.2) is 9.37 Å². The van der Waals surface area contributed by atoms with Crippen molar-refractivity contribution < 1.29 is 4.39 Å². The maximum absolute atomic E-state index is 13.8. The maximum atomic E-state index is 13.8. The summed E-state index contributed by atoms with van der Waals surface area (Å²) in [6.45, 7) is 0. The molecule has 0 unspecified atom stereocenters. The summed E-state index contributed by atoms with van der Waals surface area (Å²) in [6.07, 6.45) is 0. The number of rotatable bonds is 1. The van der Waals surface area contributed by atoms with Crippen LogP contribution in [-0.4, -0.2) is 9.97 Å². The molecule has 3 nitrogen and oxygen atoms in total. The number of halogens is 2. The van der Waals surface area contributed by atoms with Gasteiger partial charge in [-0.15, -0.1) is 0 Å². The Morgan fingerprint density at radius 3 is 2.78 bits per heavy atom. The van der Waals surface area contributed by atoms with Crippen LogP contribution in [0.5, 0.6) is 0 Å². The maximum Gasteiger partial charge on any atom is 0.141 e. The van der Waals surface area contributed by atoms with E-state index in [0.29, 0.717) is 27.6 Å². The largest absolute Gasteiger partial charge is 0.399 e. The van der Waals surface area contributed by atoms with E-state index < -0.39 is 5.82 Å². The van der Waals surface area contributed by atoms with Crippen LogP contribution in [0.4, 0.5) is 10.1 Å². The van der Waals surface area contributed by atoms with Gasteiger partial charge in [0, 0.05) is 5.69 Å². The van der Waals surface area contributed by atoms with Crippen LogP contribution in [0.3, 0.4) is 0 Å². The summed E-state index contributed by atoms with van der Waals surface area (Å²) in [6, 6.07) is 9.89. The van der Waals surface area contributed by atoms with E-state index in [2.05, 4.69) is 9.97 Å². The predicted octanol–water partition coefficient (Wildman–Crippen LogP) is 3.60. The number of H-pyrrole nitrogens is 1. The summed E-state index contributed by atoms with van der Waals surface area (Å²) >= 11 is 6.03. The number of nitrogen functional groups attached to an aromatic ring is 1. The molecule has 0 aliphatic heterocycles. The Labute approximate surface area is 107 Å². The minimum Gasteiger partial charge on any atom is -0.399 e. The van der Waals surface area contributed by atoms with Crippen molar-refractivity contribution in [3.05, 3.63) is 47.2 Å². The average molecular weight is 262 g/mol. The first-order valence-electron chi connectivity index (χ1n) is 5.35. The van der Waals surface area contributed by atoms with E-state index in [-0.39, 0.29) is 0 Å². The zero-order valence-corrected chi connectivity index (χ0v) is 10.0. The average Bonchev–Trinajstić information content (AvgIpc) is 2.74. The fourth-order valence-electron chi connectivity index (χ4n) is 1.85. The third-order valence-electron chi connectivity index (χ3n) is 2.71. The predicted molar refractivity (Wildman–Crippen MR) is 70.9 cm³/mol. The Hall–Kier alpha value is -2.07. The monoisotopic (exact) mass is 261 g/mol. The second-order valence-corrected chi connectivity index (χ2v) is 4.37. The quantitative estimate of drug-likeness (QED) is 0.658. The molecule has 0 saturated heterocycles. The second kappa shape index (κ2) is 3.99. The number of nitrogens with one attached hydrogen (secondary N) is 1. The number of nitrogens with two attached hydrogens (primary N) is 1. The number of aromatic amines is 1. The molecule has 0 spiro atoms. The minimum atomic E-state index is -0.412. The molecule has 18 heavy (non-hydrogen) atoms. The van der Waals surface area contributed by atoms with Crippen molar-refractivity contribution in [1.82, 2.24) is 9.97 Å². The summed E-state index contributed by atoms with van der Waals surface area (Å²) in [5, 5.41) is 0.533. The molecular formula is C13H9ClFN3. The van der Waals surface area contributed by atoms with Gasteiger partial charge < -0.3 is 10.7 Å². The molecule has 3 aromatic rings. The van der Waals surface area contributed by atoms with Crippen molar-refractivity contribution in [3.8, 4) is 11.4 Å². The van der Waals surface area contributed by atoms with Crippen LogP contribution in [0.25, 0.3) is 22.4 Å². The van der Waals surface area contributed by atoms with Crippen LogP contribution in [0.15, 0.2) is 36.4 Å². The lowest BCUT2D eigenvalue weighted by Gasteiger charge is -2.00. The molecule has 0 saturated carbocycles. The van der Waals surface area contributed by atoms with Crippen LogP contribution in [0.1, 0.15) is 0 Å².